The lowest BCUT2D eigenvalue weighted by Gasteiger charge is -2.22. The van der Waals surface area contributed by atoms with Crippen LogP contribution in [-0.4, -0.2) is 39.0 Å². The number of carbonyl (C=O) groups excluding carboxylic acids is 1. The molecule has 0 radical (unpaired) electrons. The summed E-state index contributed by atoms with van der Waals surface area (Å²) in [5, 5.41) is 0. The first kappa shape index (κ1) is 29.3. The SMILES string of the molecule is CCOC(=O)C(Cc1ccc(OCCOC2c3ccc(CC)cc3C=Cc3cc(-c4ccccc4)ccc32)cc1)OC. The van der Waals surface area contributed by atoms with Crippen LogP contribution in [0.4, 0.5) is 0 Å². The number of aryl methyl sites for hydroxylation is 1. The first-order valence-electron chi connectivity index (χ1n) is 14.6. The Labute approximate surface area is 248 Å². The molecule has 216 valence electrons. The molecule has 0 heterocycles. The highest BCUT2D eigenvalue weighted by Crippen LogP contribution is 2.37. The minimum absolute atomic E-state index is 0.208. The maximum absolute atomic E-state index is 12.0. The van der Waals surface area contributed by atoms with Gasteiger partial charge in [0.15, 0.2) is 6.10 Å². The molecule has 2 atom stereocenters. The average molecular weight is 563 g/mol. The van der Waals surface area contributed by atoms with E-state index in [2.05, 4.69) is 79.7 Å². The predicted molar refractivity (Wildman–Crippen MR) is 167 cm³/mol. The van der Waals surface area contributed by atoms with Gasteiger partial charge in [-0.2, -0.15) is 0 Å². The van der Waals surface area contributed by atoms with Crippen molar-refractivity contribution in [2.45, 2.75) is 38.9 Å². The molecule has 4 aromatic rings. The molecule has 2 unspecified atom stereocenters. The molecule has 5 rings (SSSR count). The lowest BCUT2D eigenvalue weighted by Crippen LogP contribution is -2.27. The second kappa shape index (κ2) is 14.1. The standard InChI is InChI=1S/C37H38O5/c1-4-26-13-19-33-30(23-26)14-15-31-25-29(28-9-7-6-8-10-28)16-20-34(31)36(33)42-22-21-41-32-17-11-27(12-18-32)24-35(39-3)37(38)40-5-2/h6-20,23,25,35-36H,4-5,21-22,24H2,1-3H3. The van der Waals surface area contributed by atoms with Gasteiger partial charge in [-0.05, 0) is 76.1 Å². The van der Waals surface area contributed by atoms with Gasteiger partial charge in [0.1, 0.15) is 18.5 Å². The molecule has 0 spiro atoms. The van der Waals surface area contributed by atoms with E-state index in [0.717, 1.165) is 34.4 Å². The summed E-state index contributed by atoms with van der Waals surface area (Å²) in [5.74, 6) is 0.396. The zero-order valence-electron chi connectivity index (χ0n) is 24.5. The first-order valence-corrected chi connectivity index (χ1v) is 14.6. The van der Waals surface area contributed by atoms with Crippen molar-refractivity contribution in [3.05, 3.63) is 124 Å². The number of benzene rings is 4. The van der Waals surface area contributed by atoms with Crippen molar-refractivity contribution in [3.63, 3.8) is 0 Å². The van der Waals surface area contributed by atoms with Crippen LogP contribution in [0.15, 0.2) is 91.0 Å². The second-order valence-electron chi connectivity index (χ2n) is 10.3. The maximum Gasteiger partial charge on any atom is 0.335 e. The van der Waals surface area contributed by atoms with Gasteiger partial charge in [-0.15, -0.1) is 0 Å². The van der Waals surface area contributed by atoms with Crippen molar-refractivity contribution < 1.29 is 23.7 Å². The molecule has 5 heteroatoms. The molecular weight excluding hydrogens is 524 g/mol. The lowest BCUT2D eigenvalue weighted by atomic mass is 9.93. The van der Waals surface area contributed by atoms with E-state index in [1.807, 2.05) is 30.3 Å². The molecule has 4 aromatic carbocycles. The summed E-state index contributed by atoms with van der Waals surface area (Å²) in [6, 6.07) is 31.4. The van der Waals surface area contributed by atoms with Gasteiger partial charge in [0.05, 0.1) is 13.2 Å². The number of rotatable bonds is 12. The Hall–Kier alpha value is -4.19. The smallest absolute Gasteiger partial charge is 0.335 e. The van der Waals surface area contributed by atoms with Crippen LogP contribution in [0.25, 0.3) is 23.3 Å². The largest absolute Gasteiger partial charge is 0.491 e. The molecule has 0 saturated carbocycles. The molecule has 0 bridgehead atoms. The molecule has 0 N–H and O–H groups in total. The van der Waals surface area contributed by atoms with E-state index < -0.39 is 6.10 Å². The summed E-state index contributed by atoms with van der Waals surface area (Å²) in [4.78, 5) is 12.0. The number of esters is 1. The highest BCUT2D eigenvalue weighted by atomic mass is 16.6. The van der Waals surface area contributed by atoms with Crippen LogP contribution in [0.2, 0.25) is 0 Å². The monoisotopic (exact) mass is 562 g/mol. The van der Waals surface area contributed by atoms with E-state index in [4.69, 9.17) is 18.9 Å². The fourth-order valence-corrected chi connectivity index (χ4v) is 5.28. The Balaban J connectivity index is 1.28. The van der Waals surface area contributed by atoms with Gasteiger partial charge in [0.2, 0.25) is 0 Å². The summed E-state index contributed by atoms with van der Waals surface area (Å²) in [6.45, 7) is 5.13. The van der Waals surface area contributed by atoms with Crippen LogP contribution in [0, 0.1) is 0 Å². The number of methoxy groups -OCH3 is 1. The molecule has 42 heavy (non-hydrogen) atoms. The Morgan fingerprint density at radius 1 is 0.762 bits per heavy atom. The molecule has 0 aliphatic heterocycles. The van der Waals surface area contributed by atoms with Gasteiger partial charge in [-0.25, -0.2) is 4.79 Å². The molecule has 0 aromatic heterocycles. The summed E-state index contributed by atoms with van der Waals surface area (Å²) < 4.78 is 23.0. The average Bonchev–Trinajstić information content (AvgIpc) is 3.19. The van der Waals surface area contributed by atoms with Crippen LogP contribution in [0.3, 0.4) is 0 Å². The van der Waals surface area contributed by atoms with Crippen molar-refractivity contribution >= 4 is 18.1 Å². The van der Waals surface area contributed by atoms with Gasteiger partial charge < -0.3 is 18.9 Å². The van der Waals surface area contributed by atoms with Crippen LogP contribution >= 0.6 is 0 Å². The van der Waals surface area contributed by atoms with E-state index >= 15 is 0 Å². The van der Waals surface area contributed by atoms with Crippen molar-refractivity contribution in [1.29, 1.82) is 0 Å². The van der Waals surface area contributed by atoms with Crippen molar-refractivity contribution in [1.82, 2.24) is 0 Å². The van der Waals surface area contributed by atoms with Crippen molar-refractivity contribution in [2.75, 3.05) is 26.9 Å². The third-order valence-electron chi connectivity index (χ3n) is 7.58. The fraction of sp³-hybridized carbons (Fsp3) is 0.270. The van der Waals surface area contributed by atoms with Gasteiger partial charge in [0.25, 0.3) is 0 Å². The topological polar surface area (TPSA) is 54.0 Å². The highest BCUT2D eigenvalue weighted by Gasteiger charge is 2.23. The number of carbonyl (C=O) groups is 1. The van der Waals surface area contributed by atoms with Crippen LogP contribution < -0.4 is 4.74 Å². The second-order valence-corrected chi connectivity index (χ2v) is 10.3. The van der Waals surface area contributed by atoms with Gasteiger partial charge >= 0.3 is 5.97 Å². The summed E-state index contributed by atoms with van der Waals surface area (Å²) in [6.07, 6.45) is 5.01. The molecule has 1 aliphatic rings. The molecule has 0 saturated heterocycles. The zero-order chi connectivity index (χ0) is 29.3. The van der Waals surface area contributed by atoms with E-state index in [-0.39, 0.29) is 12.1 Å². The van der Waals surface area contributed by atoms with Gasteiger partial charge in [0, 0.05) is 13.5 Å². The van der Waals surface area contributed by atoms with E-state index in [1.165, 1.54) is 29.4 Å². The van der Waals surface area contributed by atoms with Gasteiger partial charge in [-0.1, -0.05) is 91.9 Å². The molecule has 0 amide bonds. The Morgan fingerprint density at radius 2 is 1.45 bits per heavy atom. The molecular formula is C37H38O5. The minimum atomic E-state index is -0.623. The third kappa shape index (κ3) is 6.99. The van der Waals surface area contributed by atoms with Gasteiger partial charge in [-0.3, -0.25) is 0 Å². The predicted octanol–water partition coefficient (Wildman–Crippen LogP) is 7.71. The minimum Gasteiger partial charge on any atom is -0.491 e. The molecule has 0 fully saturated rings. The Morgan fingerprint density at radius 3 is 2.14 bits per heavy atom. The summed E-state index contributed by atoms with van der Waals surface area (Å²) in [7, 11) is 1.52. The van der Waals surface area contributed by atoms with Crippen molar-refractivity contribution in [3.8, 4) is 16.9 Å². The number of hydrogen-bond acceptors (Lipinski definition) is 5. The lowest BCUT2D eigenvalue weighted by molar-refractivity contribution is -0.154. The van der Waals surface area contributed by atoms with Crippen molar-refractivity contribution in [2.24, 2.45) is 0 Å². The fourth-order valence-electron chi connectivity index (χ4n) is 5.28. The number of ether oxygens (including phenoxy) is 4. The highest BCUT2D eigenvalue weighted by molar-refractivity contribution is 5.79. The van der Waals surface area contributed by atoms with Crippen LogP contribution in [0.5, 0.6) is 5.75 Å². The van der Waals surface area contributed by atoms with E-state index in [0.29, 0.717) is 26.2 Å². The summed E-state index contributed by atoms with van der Waals surface area (Å²) >= 11 is 0. The Bertz CT molecular complexity index is 1510. The zero-order valence-corrected chi connectivity index (χ0v) is 24.5. The van der Waals surface area contributed by atoms with E-state index in [1.54, 1.807) is 6.92 Å². The normalized spacial score (nSPS) is 14.4. The number of fused-ring (bicyclic) bond motifs is 2. The first-order chi connectivity index (χ1) is 20.6. The quantitative estimate of drug-likeness (QED) is 0.131. The Kier molecular flexibility index (Phi) is 9.86. The maximum atomic E-state index is 12.0. The number of hydrogen-bond donors (Lipinski definition) is 0. The van der Waals surface area contributed by atoms with Crippen LogP contribution in [-0.2, 0) is 31.8 Å². The third-order valence-corrected chi connectivity index (χ3v) is 7.58. The van der Waals surface area contributed by atoms with E-state index in [9.17, 15) is 4.79 Å². The summed E-state index contributed by atoms with van der Waals surface area (Å²) in [5.41, 5.74) is 9.30. The van der Waals surface area contributed by atoms with Crippen LogP contribution in [0.1, 0.15) is 53.3 Å². The molecule has 5 nitrogen and oxygen atoms in total. The molecule has 1 aliphatic carbocycles.